The second-order valence-corrected chi connectivity index (χ2v) is 6.25. The molecule has 0 spiro atoms. The highest BCUT2D eigenvalue weighted by Crippen LogP contribution is 2.25. The number of benzene rings is 1. The molecule has 4 aromatic rings. The zero-order valence-electron chi connectivity index (χ0n) is 14.9. The molecule has 0 unspecified atom stereocenters. The second-order valence-electron chi connectivity index (χ2n) is 6.25. The van der Waals surface area contributed by atoms with Gasteiger partial charge in [0.2, 0.25) is 0 Å². The number of hydrogen-bond acceptors (Lipinski definition) is 4. The Bertz CT molecular complexity index is 1120. The molecule has 0 atom stereocenters. The maximum Gasteiger partial charge on any atom is 0.252 e. The van der Waals surface area contributed by atoms with E-state index in [0.717, 1.165) is 0 Å². The number of carbonyl (C=O) groups excluding carboxylic acids is 1. The predicted octanol–water partition coefficient (Wildman–Crippen LogP) is 3.70. The standard InChI is InChI=1S/C20H17FN4O2/c1-12-10-17(20(26)22-11-16-4-3-9-27-16)18-13(2)24-25(19(18)23-12)15-7-5-14(21)6-8-15/h3-10H,11H2,1-2H3,(H,22,26). The molecule has 1 N–H and O–H groups in total. The Labute approximate surface area is 154 Å². The smallest absolute Gasteiger partial charge is 0.252 e. The van der Waals surface area contributed by atoms with Gasteiger partial charge in [0.05, 0.1) is 35.1 Å². The fourth-order valence-corrected chi connectivity index (χ4v) is 3.03. The van der Waals surface area contributed by atoms with E-state index in [0.29, 0.717) is 46.0 Å². The number of rotatable bonds is 4. The highest BCUT2D eigenvalue weighted by Gasteiger charge is 2.19. The molecular formula is C20H17FN4O2. The molecule has 6 nitrogen and oxygen atoms in total. The van der Waals surface area contributed by atoms with Gasteiger partial charge in [-0.25, -0.2) is 14.1 Å². The predicted molar refractivity (Wildman–Crippen MR) is 98.2 cm³/mol. The molecule has 7 heteroatoms. The van der Waals surface area contributed by atoms with E-state index in [4.69, 9.17) is 4.42 Å². The number of aryl methyl sites for hydroxylation is 2. The third-order valence-electron chi connectivity index (χ3n) is 4.26. The largest absolute Gasteiger partial charge is 0.467 e. The average molecular weight is 364 g/mol. The first-order valence-electron chi connectivity index (χ1n) is 8.46. The van der Waals surface area contributed by atoms with E-state index in [-0.39, 0.29) is 11.7 Å². The minimum atomic E-state index is -0.325. The topological polar surface area (TPSA) is 73.0 Å². The Morgan fingerprint density at radius 2 is 2.00 bits per heavy atom. The molecule has 0 aliphatic rings. The van der Waals surface area contributed by atoms with Crippen molar-refractivity contribution in [1.29, 1.82) is 0 Å². The van der Waals surface area contributed by atoms with Crippen LogP contribution in [-0.2, 0) is 6.54 Å². The van der Waals surface area contributed by atoms with Crippen LogP contribution in [0.4, 0.5) is 4.39 Å². The van der Waals surface area contributed by atoms with Gasteiger partial charge in [0.25, 0.3) is 5.91 Å². The van der Waals surface area contributed by atoms with E-state index in [1.54, 1.807) is 41.3 Å². The summed E-state index contributed by atoms with van der Waals surface area (Å²) in [6.45, 7) is 3.93. The monoisotopic (exact) mass is 364 g/mol. The van der Waals surface area contributed by atoms with Gasteiger partial charge >= 0.3 is 0 Å². The van der Waals surface area contributed by atoms with Crippen LogP contribution in [-0.4, -0.2) is 20.7 Å². The Balaban J connectivity index is 1.77. The van der Waals surface area contributed by atoms with Crippen molar-refractivity contribution in [2.24, 2.45) is 0 Å². The van der Waals surface area contributed by atoms with Gasteiger partial charge < -0.3 is 9.73 Å². The fraction of sp³-hybridized carbons (Fsp3) is 0.150. The molecule has 0 aliphatic heterocycles. The van der Waals surface area contributed by atoms with E-state index in [9.17, 15) is 9.18 Å². The zero-order valence-corrected chi connectivity index (χ0v) is 14.9. The second kappa shape index (κ2) is 6.68. The number of aromatic nitrogens is 3. The normalized spacial score (nSPS) is 11.1. The number of pyridine rings is 1. The third-order valence-corrected chi connectivity index (χ3v) is 4.26. The number of halogens is 1. The quantitative estimate of drug-likeness (QED) is 0.599. The molecule has 1 amide bonds. The molecule has 0 radical (unpaired) electrons. The first-order chi connectivity index (χ1) is 13.0. The lowest BCUT2D eigenvalue weighted by Crippen LogP contribution is -2.23. The van der Waals surface area contributed by atoms with Crippen LogP contribution in [0.15, 0.2) is 53.1 Å². The Morgan fingerprint density at radius 3 is 2.70 bits per heavy atom. The number of nitrogens with zero attached hydrogens (tertiary/aromatic N) is 3. The van der Waals surface area contributed by atoms with Crippen molar-refractivity contribution in [2.75, 3.05) is 0 Å². The lowest BCUT2D eigenvalue weighted by atomic mass is 10.1. The van der Waals surface area contributed by atoms with Crippen LogP contribution >= 0.6 is 0 Å². The Hall–Kier alpha value is -3.48. The highest BCUT2D eigenvalue weighted by atomic mass is 19.1. The summed E-state index contributed by atoms with van der Waals surface area (Å²) >= 11 is 0. The van der Waals surface area contributed by atoms with Gasteiger partial charge in [-0.05, 0) is 56.3 Å². The summed E-state index contributed by atoms with van der Waals surface area (Å²) in [4.78, 5) is 17.3. The van der Waals surface area contributed by atoms with E-state index >= 15 is 0 Å². The maximum absolute atomic E-state index is 13.3. The van der Waals surface area contributed by atoms with Crippen molar-refractivity contribution < 1.29 is 13.6 Å². The van der Waals surface area contributed by atoms with E-state index in [1.807, 2.05) is 13.8 Å². The molecule has 0 aliphatic carbocycles. The molecule has 3 heterocycles. The van der Waals surface area contributed by atoms with Crippen molar-refractivity contribution in [2.45, 2.75) is 20.4 Å². The Kier molecular flexibility index (Phi) is 4.19. The summed E-state index contributed by atoms with van der Waals surface area (Å²) in [6, 6.07) is 11.3. The van der Waals surface area contributed by atoms with Crippen molar-refractivity contribution in [3.8, 4) is 5.69 Å². The van der Waals surface area contributed by atoms with Crippen LogP contribution in [0.5, 0.6) is 0 Å². The van der Waals surface area contributed by atoms with E-state index < -0.39 is 0 Å². The minimum Gasteiger partial charge on any atom is -0.467 e. The van der Waals surface area contributed by atoms with Gasteiger partial charge in [0.15, 0.2) is 5.65 Å². The number of nitrogens with one attached hydrogen (secondary N) is 1. The summed E-state index contributed by atoms with van der Waals surface area (Å²) in [6.07, 6.45) is 1.56. The Morgan fingerprint density at radius 1 is 1.22 bits per heavy atom. The molecule has 27 heavy (non-hydrogen) atoms. The van der Waals surface area contributed by atoms with Gasteiger partial charge in [0.1, 0.15) is 11.6 Å². The van der Waals surface area contributed by atoms with Gasteiger partial charge in [-0.1, -0.05) is 0 Å². The van der Waals surface area contributed by atoms with Crippen LogP contribution in [0.25, 0.3) is 16.7 Å². The van der Waals surface area contributed by atoms with E-state index in [2.05, 4.69) is 15.4 Å². The summed E-state index contributed by atoms with van der Waals surface area (Å²) in [5, 5.41) is 8.04. The molecule has 1 aromatic carbocycles. The molecule has 3 aromatic heterocycles. The van der Waals surface area contributed by atoms with Gasteiger partial charge in [0, 0.05) is 5.69 Å². The van der Waals surface area contributed by atoms with Gasteiger partial charge in [-0.2, -0.15) is 5.10 Å². The van der Waals surface area contributed by atoms with E-state index in [1.165, 1.54) is 12.1 Å². The van der Waals surface area contributed by atoms with Gasteiger partial charge in [-0.3, -0.25) is 4.79 Å². The van der Waals surface area contributed by atoms with Crippen LogP contribution in [0.1, 0.15) is 27.5 Å². The summed E-state index contributed by atoms with van der Waals surface area (Å²) in [5.74, 6) is 0.113. The molecule has 0 saturated carbocycles. The first kappa shape index (κ1) is 17.0. The van der Waals surface area contributed by atoms with Crippen molar-refractivity contribution in [1.82, 2.24) is 20.1 Å². The SMILES string of the molecule is Cc1cc(C(=O)NCc2ccco2)c2c(C)nn(-c3ccc(F)cc3)c2n1. The summed E-state index contributed by atoms with van der Waals surface area (Å²) < 4.78 is 20.1. The highest BCUT2D eigenvalue weighted by molar-refractivity contribution is 6.06. The van der Waals surface area contributed by atoms with Crippen molar-refractivity contribution in [3.05, 3.63) is 77.3 Å². The van der Waals surface area contributed by atoms with Crippen LogP contribution < -0.4 is 5.32 Å². The maximum atomic E-state index is 13.3. The minimum absolute atomic E-state index is 0.233. The lowest BCUT2D eigenvalue weighted by molar-refractivity contribution is 0.0949. The molecule has 0 fully saturated rings. The summed E-state index contributed by atoms with van der Waals surface area (Å²) in [5.41, 5.74) is 3.09. The van der Waals surface area contributed by atoms with Crippen LogP contribution in [0.2, 0.25) is 0 Å². The van der Waals surface area contributed by atoms with Crippen molar-refractivity contribution in [3.63, 3.8) is 0 Å². The van der Waals surface area contributed by atoms with Crippen LogP contribution in [0.3, 0.4) is 0 Å². The number of fused-ring (bicyclic) bond motifs is 1. The van der Waals surface area contributed by atoms with Crippen molar-refractivity contribution >= 4 is 16.9 Å². The summed E-state index contributed by atoms with van der Waals surface area (Å²) in [7, 11) is 0. The number of hydrogen-bond donors (Lipinski definition) is 1. The van der Waals surface area contributed by atoms with Gasteiger partial charge in [-0.15, -0.1) is 0 Å². The molecule has 0 bridgehead atoms. The number of furan rings is 1. The third kappa shape index (κ3) is 3.19. The molecular weight excluding hydrogens is 347 g/mol. The lowest BCUT2D eigenvalue weighted by Gasteiger charge is -2.08. The number of amides is 1. The molecule has 136 valence electrons. The first-order valence-corrected chi connectivity index (χ1v) is 8.46. The molecule has 0 saturated heterocycles. The molecule has 4 rings (SSSR count). The average Bonchev–Trinajstić information content (AvgIpc) is 3.28. The van der Waals surface area contributed by atoms with Crippen LogP contribution in [0, 0.1) is 19.7 Å². The fourth-order valence-electron chi connectivity index (χ4n) is 3.03. The number of carbonyl (C=O) groups is 1. The zero-order chi connectivity index (χ0) is 19.0.